The molecular formula is C6H13NS. The van der Waals surface area contributed by atoms with Crippen molar-refractivity contribution in [1.29, 1.82) is 0 Å². The third-order valence-electron chi connectivity index (χ3n) is 1.82. The van der Waals surface area contributed by atoms with Gasteiger partial charge >= 0.3 is 0 Å². The fraction of sp³-hybridized carbons (Fsp3) is 1.00. The molecule has 0 aliphatic heterocycles. The van der Waals surface area contributed by atoms with Gasteiger partial charge in [-0.15, -0.1) is 0 Å². The van der Waals surface area contributed by atoms with Crippen molar-refractivity contribution in [3.05, 3.63) is 0 Å². The van der Waals surface area contributed by atoms with E-state index < -0.39 is 0 Å². The second-order valence-electron chi connectivity index (χ2n) is 2.34. The zero-order valence-corrected chi connectivity index (χ0v) is 6.19. The van der Waals surface area contributed by atoms with E-state index in [2.05, 4.69) is 24.0 Å². The molecule has 0 N–H and O–H groups in total. The maximum Gasteiger partial charge on any atom is 0.0200 e. The first-order chi connectivity index (χ1) is 3.84. The summed E-state index contributed by atoms with van der Waals surface area (Å²) in [5, 5.41) is 0. The van der Waals surface area contributed by atoms with E-state index in [9.17, 15) is 0 Å². The van der Waals surface area contributed by atoms with Gasteiger partial charge in [0.2, 0.25) is 0 Å². The van der Waals surface area contributed by atoms with Gasteiger partial charge in [-0.2, -0.15) is 0 Å². The lowest BCUT2D eigenvalue weighted by molar-refractivity contribution is 0.247. The second-order valence-corrected chi connectivity index (χ2v) is 2.85. The highest BCUT2D eigenvalue weighted by atomic mass is 32.1. The van der Waals surface area contributed by atoms with Crippen LogP contribution in [-0.2, 0) is 0 Å². The predicted octanol–water partition coefficient (Wildman–Crippen LogP) is 1.71. The first-order valence-corrected chi connectivity index (χ1v) is 3.70. The Kier molecular flexibility index (Phi) is 2.20. The molecule has 0 bridgehead atoms. The van der Waals surface area contributed by atoms with E-state index in [1.807, 2.05) is 0 Å². The molecule has 1 saturated carbocycles. The normalized spacial score (nSPS) is 21.4. The topological polar surface area (TPSA) is 3.24 Å². The number of hydrogen-bond acceptors (Lipinski definition) is 2. The molecule has 0 aromatic carbocycles. The average Bonchev–Trinajstić information content (AvgIpc) is 1.62. The highest BCUT2D eigenvalue weighted by Crippen LogP contribution is 2.25. The molecule has 0 atom stereocenters. The minimum absolute atomic E-state index is 0.795. The monoisotopic (exact) mass is 131 g/mol. The van der Waals surface area contributed by atoms with E-state index in [0.29, 0.717) is 0 Å². The Balaban J connectivity index is 2.13. The molecule has 1 rings (SSSR count). The van der Waals surface area contributed by atoms with E-state index in [4.69, 9.17) is 0 Å². The first kappa shape index (κ1) is 6.43. The van der Waals surface area contributed by atoms with E-state index >= 15 is 0 Å². The Bertz CT molecular complexity index is 68.2. The lowest BCUT2D eigenvalue weighted by Gasteiger charge is -2.32. The summed E-state index contributed by atoms with van der Waals surface area (Å²) in [4.78, 5) is 0. The van der Waals surface area contributed by atoms with Gasteiger partial charge in [-0.25, -0.2) is 0 Å². The van der Waals surface area contributed by atoms with E-state index in [-0.39, 0.29) is 0 Å². The molecule has 0 saturated heterocycles. The van der Waals surface area contributed by atoms with E-state index in [1.54, 1.807) is 0 Å². The van der Waals surface area contributed by atoms with Gasteiger partial charge < -0.3 is 0 Å². The molecule has 8 heavy (non-hydrogen) atoms. The molecule has 0 radical (unpaired) electrons. The summed E-state index contributed by atoms with van der Waals surface area (Å²) in [6.07, 6.45) is 4.12. The summed E-state index contributed by atoms with van der Waals surface area (Å²) in [7, 11) is 0. The summed E-state index contributed by atoms with van der Waals surface area (Å²) < 4.78 is 2.13. The molecule has 0 spiro atoms. The minimum Gasteiger partial charge on any atom is -0.250 e. The van der Waals surface area contributed by atoms with Crippen LogP contribution in [0.25, 0.3) is 0 Å². The summed E-state index contributed by atoms with van der Waals surface area (Å²) >= 11 is 4.29. The second kappa shape index (κ2) is 2.74. The van der Waals surface area contributed by atoms with Crippen LogP contribution in [-0.4, -0.2) is 16.9 Å². The molecule has 1 nitrogen and oxygen atoms in total. The molecule has 1 fully saturated rings. The van der Waals surface area contributed by atoms with Gasteiger partial charge in [0.05, 0.1) is 0 Å². The minimum atomic E-state index is 0.795. The van der Waals surface area contributed by atoms with Crippen LogP contribution in [0.1, 0.15) is 26.2 Å². The molecule has 0 aromatic heterocycles. The van der Waals surface area contributed by atoms with Crippen LogP contribution < -0.4 is 0 Å². The molecular weight excluding hydrogens is 118 g/mol. The van der Waals surface area contributed by atoms with E-state index in [0.717, 1.165) is 12.6 Å². The Morgan fingerprint density at radius 1 is 1.62 bits per heavy atom. The summed E-state index contributed by atoms with van der Waals surface area (Å²) in [6, 6.07) is 0.795. The summed E-state index contributed by atoms with van der Waals surface area (Å²) in [5.41, 5.74) is 0. The van der Waals surface area contributed by atoms with Gasteiger partial charge in [-0.3, -0.25) is 4.31 Å². The number of nitrogens with zero attached hydrogens (tertiary/aromatic N) is 1. The van der Waals surface area contributed by atoms with Crippen molar-refractivity contribution in [2.75, 3.05) is 6.54 Å². The van der Waals surface area contributed by atoms with Gasteiger partial charge in [-0.1, -0.05) is 26.2 Å². The van der Waals surface area contributed by atoms with Gasteiger partial charge in [0, 0.05) is 12.6 Å². The van der Waals surface area contributed by atoms with Gasteiger partial charge in [0.15, 0.2) is 0 Å². The van der Waals surface area contributed by atoms with Crippen LogP contribution >= 0.6 is 12.8 Å². The Labute approximate surface area is 56.6 Å². The molecule has 48 valence electrons. The Hall–Kier alpha value is 0.310. The van der Waals surface area contributed by atoms with Crippen molar-refractivity contribution >= 4 is 12.8 Å². The lowest BCUT2D eigenvalue weighted by atomic mass is 9.93. The SMILES string of the molecule is CCN(S)C1CCC1. The van der Waals surface area contributed by atoms with Gasteiger partial charge in [-0.05, 0) is 12.8 Å². The van der Waals surface area contributed by atoms with Crippen molar-refractivity contribution in [3.63, 3.8) is 0 Å². The van der Waals surface area contributed by atoms with Crippen molar-refractivity contribution < 1.29 is 0 Å². The fourth-order valence-corrected chi connectivity index (χ4v) is 1.17. The van der Waals surface area contributed by atoms with Crippen molar-refractivity contribution in [1.82, 2.24) is 4.31 Å². The summed E-state index contributed by atoms with van der Waals surface area (Å²) in [6.45, 7) is 3.22. The molecule has 0 amide bonds. The summed E-state index contributed by atoms with van der Waals surface area (Å²) in [5.74, 6) is 0. The molecule has 0 heterocycles. The Morgan fingerprint density at radius 2 is 2.25 bits per heavy atom. The molecule has 0 aromatic rings. The molecule has 0 unspecified atom stereocenters. The van der Waals surface area contributed by atoms with Crippen molar-refractivity contribution in [2.45, 2.75) is 32.2 Å². The average molecular weight is 131 g/mol. The third-order valence-corrected chi connectivity index (χ3v) is 2.43. The Morgan fingerprint density at radius 3 is 2.38 bits per heavy atom. The lowest BCUT2D eigenvalue weighted by Crippen LogP contribution is -2.33. The first-order valence-electron chi connectivity index (χ1n) is 3.30. The third kappa shape index (κ3) is 1.17. The zero-order valence-electron chi connectivity index (χ0n) is 5.30. The number of hydrogen-bond donors (Lipinski definition) is 1. The molecule has 2 heteroatoms. The molecule has 1 aliphatic carbocycles. The van der Waals surface area contributed by atoms with Gasteiger partial charge in [0.25, 0.3) is 0 Å². The highest BCUT2D eigenvalue weighted by Gasteiger charge is 2.20. The van der Waals surface area contributed by atoms with Gasteiger partial charge in [0.1, 0.15) is 0 Å². The predicted molar refractivity (Wildman–Crippen MR) is 39.0 cm³/mol. The molecule has 1 aliphatic rings. The van der Waals surface area contributed by atoms with Crippen LogP contribution in [0.2, 0.25) is 0 Å². The van der Waals surface area contributed by atoms with Crippen molar-refractivity contribution in [3.8, 4) is 0 Å². The zero-order chi connectivity index (χ0) is 5.98. The van der Waals surface area contributed by atoms with Crippen LogP contribution in [0.4, 0.5) is 0 Å². The number of rotatable bonds is 2. The maximum absolute atomic E-state index is 4.29. The van der Waals surface area contributed by atoms with Crippen molar-refractivity contribution in [2.24, 2.45) is 0 Å². The largest absolute Gasteiger partial charge is 0.250 e. The fourth-order valence-electron chi connectivity index (χ4n) is 0.943. The maximum atomic E-state index is 4.29. The van der Waals surface area contributed by atoms with E-state index in [1.165, 1.54) is 19.3 Å². The van der Waals surface area contributed by atoms with Crippen LogP contribution in [0, 0.1) is 0 Å². The highest BCUT2D eigenvalue weighted by molar-refractivity contribution is 7.77. The standard InChI is InChI=1S/C6H13NS/c1-2-7(8)6-4-3-5-6/h6,8H,2-5H2,1H3. The van der Waals surface area contributed by atoms with Crippen LogP contribution in [0.5, 0.6) is 0 Å². The smallest absolute Gasteiger partial charge is 0.0200 e. The van der Waals surface area contributed by atoms with Crippen LogP contribution in [0.15, 0.2) is 0 Å². The van der Waals surface area contributed by atoms with Crippen LogP contribution in [0.3, 0.4) is 0 Å². The quantitative estimate of drug-likeness (QED) is 0.558. The number of thiol groups is 1.